The number of ether oxygens (including phenoxy) is 4. The number of carbonyl (C=O) groups is 5. The molecule has 3 fully saturated rings. The number of carbonyl (C=O) groups excluding carboxylic acids is 5. The molecule has 640 valence electrons. The van der Waals surface area contributed by atoms with Crippen LogP contribution in [0.5, 0.6) is 0 Å². The summed E-state index contributed by atoms with van der Waals surface area (Å²) in [6.45, 7) is 5.10. The quantitative estimate of drug-likeness (QED) is 0.00633. The predicted molar refractivity (Wildman–Crippen MR) is 471 cm³/mol. The lowest BCUT2D eigenvalue weighted by Crippen LogP contribution is -2.43. The molecule has 3 aliphatic rings. The van der Waals surface area contributed by atoms with Crippen LogP contribution in [0.15, 0.2) is 79.0 Å². The van der Waals surface area contributed by atoms with Crippen LogP contribution in [-0.2, 0) is 71.2 Å². The second-order valence-electron chi connectivity index (χ2n) is 24.9. The second kappa shape index (κ2) is 59.2. The van der Waals surface area contributed by atoms with E-state index in [4.69, 9.17) is 67.6 Å². The summed E-state index contributed by atoms with van der Waals surface area (Å²) >= 11 is 43.2. The van der Waals surface area contributed by atoms with Crippen molar-refractivity contribution < 1.29 is 53.2 Å². The van der Waals surface area contributed by atoms with Gasteiger partial charge in [-0.3, -0.25) is 32.9 Å². The molecule has 3 aliphatic carbocycles. The molecule has 44 heteroatoms. The van der Waals surface area contributed by atoms with Crippen LogP contribution in [0.1, 0.15) is 152 Å². The Bertz CT molecular complexity index is 4420. The number of nitrogens with one attached hydrogen (secondary N) is 2. The molecule has 116 heavy (non-hydrogen) atoms. The molecule has 29 nitrogen and oxygen atoms in total. The third-order valence-corrected chi connectivity index (χ3v) is 21.9. The minimum absolute atomic E-state index is 0.0562. The molecular formula is C72H99BrCl6FN18O11PS6. The minimum atomic E-state index is -3.22. The van der Waals surface area contributed by atoms with E-state index in [2.05, 4.69) is 135 Å². The van der Waals surface area contributed by atoms with E-state index in [0.717, 1.165) is 110 Å². The number of hydrogen-bond donors (Lipinski definition) is 4. The maximum atomic E-state index is 12.0. The Labute approximate surface area is 741 Å². The maximum Gasteiger partial charge on any atom is 0.339 e. The molecule has 7 heterocycles. The van der Waals surface area contributed by atoms with E-state index >= 15 is 0 Å². The van der Waals surface area contributed by atoms with Gasteiger partial charge >= 0.3 is 29.1 Å². The molecule has 1 atom stereocenters. The highest BCUT2D eigenvalue weighted by molar-refractivity contribution is 9.08. The van der Waals surface area contributed by atoms with Crippen molar-refractivity contribution in [1.82, 2.24) is 64.4 Å². The first kappa shape index (κ1) is 106. The third kappa shape index (κ3) is 41.1. The highest BCUT2D eigenvalue weighted by Crippen LogP contribution is 2.61. The number of rotatable bonds is 20. The Kier molecular flexibility index (Phi) is 54.3. The van der Waals surface area contributed by atoms with Crippen molar-refractivity contribution in [1.29, 1.82) is 10.5 Å². The number of nitrogens with two attached hydrogens (primary N) is 2. The van der Waals surface area contributed by atoms with Gasteiger partial charge in [0.25, 0.3) is 5.56 Å². The number of nitrogen functional groups attached to an aromatic ring is 1. The van der Waals surface area contributed by atoms with Crippen LogP contribution in [0, 0.1) is 42.4 Å². The van der Waals surface area contributed by atoms with E-state index in [1.54, 1.807) is 44.1 Å². The molecular weight excluding hydrogens is 1830 g/mol. The number of aldehydes is 1. The van der Waals surface area contributed by atoms with E-state index in [1.807, 2.05) is 56.6 Å². The van der Waals surface area contributed by atoms with Crippen LogP contribution < -0.4 is 22.3 Å². The molecule has 0 aliphatic heterocycles. The zero-order chi connectivity index (χ0) is 88.3. The Balaban J connectivity index is 0.000000677. The van der Waals surface area contributed by atoms with Gasteiger partial charge in [-0.1, -0.05) is 179 Å². The molecule has 7 aromatic rings. The lowest BCUT2D eigenvalue weighted by Gasteiger charge is -2.39. The van der Waals surface area contributed by atoms with Crippen molar-refractivity contribution in [2.75, 3.05) is 84.2 Å². The Morgan fingerprint density at radius 2 is 1.05 bits per heavy atom. The smallest absolute Gasteiger partial charge is 0.339 e. The zero-order valence-electron chi connectivity index (χ0n) is 67.6. The number of halogens is 8. The van der Waals surface area contributed by atoms with Gasteiger partial charge in [-0.25, -0.2) is 54.8 Å². The normalized spacial score (nSPS) is 14.1. The van der Waals surface area contributed by atoms with E-state index in [1.165, 1.54) is 125 Å². The number of anilines is 2. The number of alkyl halides is 2. The minimum Gasteiger partial charge on any atom is -0.469 e. The summed E-state index contributed by atoms with van der Waals surface area (Å²) in [6.07, 6.45) is 39.3. The number of aromatic amines is 1. The van der Waals surface area contributed by atoms with Crippen molar-refractivity contribution in [2.45, 2.75) is 202 Å². The fourth-order valence-corrected chi connectivity index (χ4v) is 14.2. The van der Waals surface area contributed by atoms with Crippen LogP contribution in [0.25, 0.3) is 11.0 Å². The van der Waals surface area contributed by atoms with Gasteiger partial charge in [0, 0.05) is 86.8 Å². The van der Waals surface area contributed by atoms with Crippen LogP contribution in [0.3, 0.4) is 0 Å². The topological polar surface area (TPSA) is 431 Å². The van der Waals surface area contributed by atoms with E-state index in [-0.39, 0.29) is 52.9 Å². The van der Waals surface area contributed by atoms with Gasteiger partial charge < -0.3 is 50.1 Å². The van der Waals surface area contributed by atoms with Crippen molar-refractivity contribution in [2.24, 2.45) is 11.7 Å². The number of nitriles is 2. The molecule has 0 spiro atoms. The number of methoxy groups -OCH3 is 4. The Morgan fingerprint density at radius 3 is 1.48 bits per heavy atom. The number of hydrogen-bond acceptors (Lipinski definition) is 33. The lowest BCUT2D eigenvalue weighted by atomic mass is 9.79. The second-order valence-corrected chi connectivity index (χ2v) is 37.9. The van der Waals surface area contributed by atoms with Crippen molar-refractivity contribution in [3.05, 3.63) is 96.9 Å². The van der Waals surface area contributed by atoms with Gasteiger partial charge in [0.05, 0.1) is 86.7 Å². The van der Waals surface area contributed by atoms with Gasteiger partial charge in [0.15, 0.2) is 30.9 Å². The monoisotopic (exact) mass is 1920 g/mol. The maximum absolute atomic E-state index is 12.0. The Morgan fingerprint density at radius 1 is 0.638 bits per heavy atom. The van der Waals surface area contributed by atoms with Crippen molar-refractivity contribution in [3.63, 3.8) is 0 Å². The summed E-state index contributed by atoms with van der Waals surface area (Å²) < 4.78 is 45.7. The highest BCUT2D eigenvalue weighted by atomic mass is 79.9. The number of fused-ring (bicyclic) bond motifs is 1. The van der Waals surface area contributed by atoms with Crippen LogP contribution in [0.2, 0.25) is 15.5 Å². The standard InChI is InChI=1S/2C16H22N4O2S.C9H17NO2.C7H6ClN3S.C6H6BrClN2S.C6H7ClN2S.C6H8N2OS.C5H8O3.CH3F.Cl3OP/c1-22-13(21)9-16(6-4-3-5-7-16)20-12(17)8-11-10-18-15(23-2)19-14(11)20;1-22-13(21)10-16(7-4-3-5-8-16)20-14-12(6-9-17)11-18-15(19-14)23-2;1-12-8(11)7-9(10)5-3-2-4-6-9;1-12-7-10-4-5(2-3-9)6(8)11-7;1-11-6-9-3-4(2-7)5(8)10-6;1-4-3-8-6(10-2)9-5(4)7;1-4-3-7-6(10-2)8-5(4)9;1-4(3-6)5(7)8-2;1-2;1-5(2,3)4/h8,10H,3-7,9,17H2,1-2H3;11H,3-8,10H2,1-2H3,(H,18,19,20);2-7,10H2,1H3;4H,2H2,1H3;3H,2H2,1H3;3H,1-2H3;3H,1-2H3,(H,7,8,9);3-4H,1-2H3;1H3;/i;;;;;;;;1D;. The lowest BCUT2D eigenvalue weighted by molar-refractivity contribution is -0.146. The number of H-pyrrole nitrogens is 1. The summed E-state index contributed by atoms with van der Waals surface area (Å²) in [6, 6.07) is 6.03. The summed E-state index contributed by atoms with van der Waals surface area (Å²) in [5, 5.41) is 24.8. The van der Waals surface area contributed by atoms with Crippen molar-refractivity contribution >= 4 is 213 Å². The number of nitrogens with zero attached hydrogens (tertiary/aromatic N) is 14. The van der Waals surface area contributed by atoms with E-state index < -0.39 is 24.2 Å². The number of esters is 4. The SMILES string of the molecule is COC(=O)C(C)C=O.COC(=O)CC1(N)CCCCC1.COC(=O)CC1(Nc2nc(SC)ncc2CC#N)CCCCC1.COC(=O)CC1(n2c(N)cc3cnc(SC)nc32)CCCCC1.CSc1ncc(C)c(=O)[nH]1.CSc1ncc(C)c(Cl)n1.CSc1ncc(CBr)c(Cl)n1.CSc1ncc(CC#N)c(Cl)n1.O=P(Cl)(Cl)Cl.[2H]CF. The number of aromatic nitrogens is 13. The molecule has 0 amide bonds. The molecule has 1 unspecified atom stereocenters. The van der Waals surface area contributed by atoms with Crippen LogP contribution >= 0.6 is 160 Å². The molecule has 0 bridgehead atoms. The summed E-state index contributed by atoms with van der Waals surface area (Å²) in [7, 11) is 4.51. The highest BCUT2D eigenvalue weighted by Gasteiger charge is 2.40. The van der Waals surface area contributed by atoms with Gasteiger partial charge in [-0.2, -0.15) is 10.5 Å². The first-order valence-corrected chi connectivity index (χ1v) is 49.0. The molecule has 10 rings (SSSR count). The first-order chi connectivity index (χ1) is 55.5. The average Bonchev–Trinajstić information content (AvgIpc) is 1.62. The summed E-state index contributed by atoms with van der Waals surface area (Å²) in [5.41, 5.74) is 16.1. The van der Waals surface area contributed by atoms with Crippen molar-refractivity contribution in [3.8, 4) is 12.1 Å². The van der Waals surface area contributed by atoms with Gasteiger partial charge in [-0.15, -0.1) is 0 Å². The largest absolute Gasteiger partial charge is 0.469 e. The average molecular weight is 1930 g/mol. The molecule has 0 radical (unpaired) electrons. The number of thioether (sulfide) groups is 6. The first-order valence-electron chi connectivity index (χ1n) is 35.7. The zero-order valence-corrected chi connectivity index (χ0v) is 78.5. The molecule has 7 aromatic heterocycles. The van der Waals surface area contributed by atoms with E-state index in [0.29, 0.717) is 94.9 Å². The van der Waals surface area contributed by atoms with Crippen LogP contribution in [-0.4, -0.2) is 179 Å². The summed E-state index contributed by atoms with van der Waals surface area (Å²) in [5.74, 6) is -0.415. The van der Waals surface area contributed by atoms with E-state index in [9.17, 15) is 37.7 Å². The van der Waals surface area contributed by atoms with Crippen LogP contribution in [0.4, 0.5) is 16.0 Å². The fraction of sp³-hybridized carbons (Fsp3) is 0.542. The molecule has 0 saturated heterocycles. The fourth-order valence-electron chi connectivity index (χ4n) is 10.9. The van der Waals surface area contributed by atoms with Gasteiger partial charge in [0.1, 0.15) is 44.9 Å². The molecule has 6 N–H and O–H groups in total. The molecule has 0 aromatic carbocycles. The summed E-state index contributed by atoms with van der Waals surface area (Å²) in [4.78, 5) is 114. The Hall–Kier alpha value is -5.61. The number of aryl methyl sites for hydroxylation is 2. The third-order valence-electron chi connectivity index (χ3n) is 16.8. The molecule has 3 saturated carbocycles. The predicted octanol–water partition coefficient (Wildman–Crippen LogP) is 18.1. The van der Waals surface area contributed by atoms with Gasteiger partial charge in [0.2, 0.25) is 0 Å². The van der Waals surface area contributed by atoms with Gasteiger partial charge in [-0.05, 0) is 137 Å².